The van der Waals surface area contributed by atoms with Crippen molar-refractivity contribution in [1.82, 2.24) is 35.2 Å². The number of aromatic nitrogens is 3. The fourth-order valence-electron chi connectivity index (χ4n) is 7.72. The summed E-state index contributed by atoms with van der Waals surface area (Å²) in [6, 6.07) is 21.7. The van der Waals surface area contributed by atoms with Crippen LogP contribution in [-0.2, 0) is 43.9 Å². The largest absolute Gasteiger partial charge is 0.381 e. The number of hydrogen-bond acceptors (Lipinski definition) is 8. The standard InChI is InChI=1S/C43H53FN8O2/c1-4-40-37(41(48-35-14-20-54-21-15-35)38-26-47-52(5-2)42(38)49-40)25-46-43(53)34-11-7-8-30(23-34)27-50(3)28-32-12-13-39(44)36(24-32)33-10-6-9-31(22-33)29-51-18-16-45-17-19-51/h6-13,22-24,26,35,45H,4-5,14-21,25,27-29H2,1-3H3,(H,46,53)(H,48,49). The zero-order valence-corrected chi connectivity index (χ0v) is 31.8. The van der Waals surface area contributed by atoms with Gasteiger partial charge in [-0.1, -0.05) is 43.3 Å². The number of rotatable bonds is 14. The van der Waals surface area contributed by atoms with Gasteiger partial charge in [0.2, 0.25) is 0 Å². The minimum Gasteiger partial charge on any atom is -0.381 e. The molecule has 2 saturated heterocycles. The van der Waals surface area contributed by atoms with Gasteiger partial charge in [-0.2, -0.15) is 5.10 Å². The molecule has 0 aliphatic carbocycles. The number of nitrogens with one attached hydrogen (secondary N) is 3. The zero-order chi connectivity index (χ0) is 37.4. The number of halogens is 1. The molecule has 5 aromatic rings. The predicted octanol–water partition coefficient (Wildman–Crippen LogP) is 6.38. The van der Waals surface area contributed by atoms with Gasteiger partial charge >= 0.3 is 0 Å². The quantitative estimate of drug-likeness (QED) is 0.121. The van der Waals surface area contributed by atoms with E-state index in [2.05, 4.69) is 56.8 Å². The van der Waals surface area contributed by atoms with E-state index in [9.17, 15) is 4.79 Å². The van der Waals surface area contributed by atoms with Crippen LogP contribution in [0.3, 0.4) is 0 Å². The number of hydrogen-bond donors (Lipinski definition) is 3. The van der Waals surface area contributed by atoms with Crippen molar-refractivity contribution in [3.8, 4) is 11.1 Å². The van der Waals surface area contributed by atoms with E-state index >= 15 is 4.39 Å². The first kappa shape index (κ1) is 37.6. The van der Waals surface area contributed by atoms with Crippen molar-refractivity contribution in [2.75, 3.05) is 51.8 Å². The van der Waals surface area contributed by atoms with Crippen LogP contribution in [0.4, 0.5) is 10.1 Å². The van der Waals surface area contributed by atoms with Crippen LogP contribution in [0.2, 0.25) is 0 Å². The van der Waals surface area contributed by atoms with E-state index in [1.807, 2.05) is 66.5 Å². The van der Waals surface area contributed by atoms with Crippen molar-refractivity contribution >= 4 is 22.6 Å². The molecule has 54 heavy (non-hydrogen) atoms. The molecule has 2 aliphatic rings. The summed E-state index contributed by atoms with van der Waals surface area (Å²) < 4.78 is 22.7. The van der Waals surface area contributed by atoms with Gasteiger partial charge in [-0.15, -0.1) is 0 Å². The van der Waals surface area contributed by atoms with E-state index in [1.54, 1.807) is 6.07 Å². The number of aryl methyl sites for hydroxylation is 2. The summed E-state index contributed by atoms with van der Waals surface area (Å²) in [7, 11) is 2.05. The first-order valence-corrected chi connectivity index (χ1v) is 19.5. The number of amides is 1. The van der Waals surface area contributed by atoms with Crippen molar-refractivity contribution in [2.45, 2.75) is 71.9 Å². The van der Waals surface area contributed by atoms with Crippen LogP contribution in [0.5, 0.6) is 0 Å². The molecule has 10 nitrogen and oxygen atoms in total. The van der Waals surface area contributed by atoms with Crippen LogP contribution in [0.1, 0.15) is 65.0 Å². The van der Waals surface area contributed by atoms with E-state index in [1.165, 1.54) is 5.56 Å². The second-order valence-electron chi connectivity index (χ2n) is 14.6. The number of benzene rings is 3. The molecule has 7 rings (SSSR count). The van der Waals surface area contributed by atoms with Crippen LogP contribution in [-0.4, -0.2) is 83.0 Å². The topological polar surface area (TPSA) is 99.6 Å². The number of ether oxygens (including phenoxy) is 1. The smallest absolute Gasteiger partial charge is 0.251 e. The summed E-state index contributed by atoms with van der Waals surface area (Å²) in [5, 5.41) is 16.0. The Hall–Kier alpha value is -4.68. The highest BCUT2D eigenvalue weighted by atomic mass is 19.1. The van der Waals surface area contributed by atoms with Crippen LogP contribution >= 0.6 is 0 Å². The molecular formula is C43H53FN8O2. The fourth-order valence-corrected chi connectivity index (χ4v) is 7.72. The van der Waals surface area contributed by atoms with Crippen LogP contribution in [0.25, 0.3) is 22.2 Å². The molecule has 284 valence electrons. The van der Waals surface area contributed by atoms with Crippen molar-refractivity contribution in [3.63, 3.8) is 0 Å². The molecule has 2 fully saturated rings. The fraction of sp³-hybridized carbons (Fsp3) is 0.419. The molecule has 0 spiro atoms. The van der Waals surface area contributed by atoms with Gasteiger partial charge in [0, 0.05) is 101 Å². The van der Waals surface area contributed by atoms with E-state index in [0.29, 0.717) is 30.8 Å². The molecule has 0 unspecified atom stereocenters. The lowest BCUT2D eigenvalue weighted by Crippen LogP contribution is -2.42. The van der Waals surface area contributed by atoms with Gasteiger partial charge in [0.25, 0.3) is 5.91 Å². The van der Waals surface area contributed by atoms with Gasteiger partial charge in [-0.3, -0.25) is 14.6 Å². The summed E-state index contributed by atoms with van der Waals surface area (Å²) >= 11 is 0. The molecule has 0 atom stereocenters. The summed E-state index contributed by atoms with van der Waals surface area (Å²) in [4.78, 5) is 23.3. The highest BCUT2D eigenvalue weighted by Crippen LogP contribution is 2.32. The van der Waals surface area contributed by atoms with Gasteiger partial charge in [-0.05, 0) is 85.8 Å². The highest BCUT2D eigenvalue weighted by Gasteiger charge is 2.22. The molecular weight excluding hydrogens is 680 g/mol. The van der Waals surface area contributed by atoms with E-state index < -0.39 is 0 Å². The summed E-state index contributed by atoms with van der Waals surface area (Å²) in [6.45, 7) is 12.9. The molecule has 3 aromatic carbocycles. The third kappa shape index (κ3) is 8.98. The van der Waals surface area contributed by atoms with Gasteiger partial charge in [0.05, 0.1) is 17.3 Å². The summed E-state index contributed by atoms with van der Waals surface area (Å²) in [6.07, 6.45) is 4.47. The zero-order valence-electron chi connectivity index (χ0n) is 31.8. The minimum absolute atomic E-state index is 0.134. The SMILES string of the molecule is CCc1nc2c(cnn2CC)c(NC2CCOCC2)c1CNC(=O)c1cccc(CN(C)Cc2ccc(F)c(-c3cccc(CN4CCNCC4)c3)c2)c1. The first-order chi connectivity index (χ1) is 26.4. The number of carbonyl (C=O) groups excluding carboxylic acids is 1. The Morgan fingerprint density at radius 2 is 1.74 bits per heavy atom. The maximum Gasteiger partial charge on any atom is 0.251 e. The molecule has 0 saturated carbocycles. The lowest BCUT2D eigenvalue weighted by Gasteiger charge is -2.27. The van der Waals surface area contributed by atoms with Gasteiger partial charge in [0.15, 0.2) is 5.65 Å². The van der Waals surface area contributed by atoms with Gasteiger partial charge < -0.3 is 20.7 Å². The Labute approximate surface area is 318 Å². The van der Waals surface area contributed by atoms with Crippen LogP contribution in [0, 0.1) is 5.82 Å². The average Bonchev–Trinajstić information content (AvgIpc) is 3.62. The van der Waals surface area contributed by atoms with Crippen LogP contribution in [0.15, 0.2) is 72.9 Å². The second kappa shape index (κ2) is 17.6. The van der Waals surface area contributed by atoms with Gasteiger partial charge in [-0.25, -0.2) is 14.1 Å². The second-order valence-corrected chi connectivity index (χ2v) is 14.6. The lowest BCUT2D eigenvalue weighted by atomic mass is 10.00. The Morgan fingerprint density at radius 3 is 2.52 bits per heavy atom. The Bertz CT molecular complexity index is 2050. The number of pyridine rings is 1. The molecule has 3 N–H and O–H groups in total. The molecule has 1 amide bonds. The Morgan fingerprint density at radius 1 is 0.981 bits per heavy atom. The highest BCUT2D eigenvalue weighted by molar-refractivity contribution is 5.95. The third-order valence-corrected chi connectivity index (χ3v) is 10.6. The predicted molar refractivity (Wildman–Crippen MR) is 213 cm³/mol. The molecule has 0 bridgehead atoms. The van der Waals surface area contributed by atoms with E-state index in [4.69, 9.17) is 9.72 Å². The lowest BCUT2D eigenvalue weighted by molar-refractivity contribution is 0.0904. The molecule has 0 radical (unpaired) electrons. The summed E-state index contributed by atoms with van der Waals surface area (Å²) in [5.74, 6) is -0.353. The third-order valence-electron chi connectivity index (χ3n) is 10.6. The number of fused-ring (bicyclic) bond motifs is 1. The monoisotopic (exact) mass is 732 g/mol. The average molecular weight is 733 g/mol. The van der Waals surface area contributed by atoms with Crippen molar-refractivity contribution in [2.24, 2.45) is 0 Å². The van der Waals surface area contributed by atoms with Crippen LogP contribution < -0.4 is 16.0 Å². The van der Waals surface area contributed by atoms with E-state index in [-0.39, 0.29) is 17.8 Å². The van der Waals surface area contributed by atoms with Crippen molar-refractivity contribution in [1.29, 1.82) is 0 Å². The van der Waals surface area contributed by atoms with Crippen molar-refractivity contribution in [3.05, 3.63) is 112 Å². The van der Waals surface area contributed by atoms with Gasteiger partial charge in [0.1, 0.15) is 5.82 Å². The minimum atomic E-state index is -0.219. The first-order valence-electron chi connectivity index (χ1n) is 19.5. The number of nitrogens with zero attached hydrogens (tertiary/aromatic N) is 5. The molecule has 4 heterocycles. The van der Waals surface area contributed by atoms with E-state index in [0.717, 1.165) is 116 Å². The molecule has 2 aliphatic heterocycles. The number of piperazine rings is 1. The molecule has 11 heteroatoms. The molecule has 2 aromatic heterocycles. The maximum atomic E-state index is 15.2. The van der Waals surface area contributed by atoms with Crippen molar-refractivity contribution < 1.29 is 13.9 Å². The summed E-state index contributed by atoms with van der Waals surface area (Å²) in [5.41, 5.74) is 9.20. The Balaban J connectivity index is 1.02. The maximum absolute atomic E-state index is 15.2. The number of carbonyl (C=O) groups is 1. The number of anilines is 1. The Kier molecular flexibility index (Phi) is 12.3. The normalized spacial score (nSPS) is 15.6.